The van der Waals surface area contributed by atoms with E-state index in [1.807, 2.05) is 0 Å². The third-order valence-electron chi connectivity index (χ3n) is 0. The Morgan fingerprint density at radius 2 is 0.650 bits per heavy atom. The first-order valence-electron chi connectivity index (χ1n) is 1.46. The van der Waals surface area contributed by atoms with Crippen LogP contribution in [-0.4, -0.2) is 94.7 Å². The predicted octanol–water partition coefficient (Wildman–Crippen LogP) is -14.3. The van der Waals surface area contributed by atoms with E-state index in [0.717, 1.165) is 0 Å². The van der Waals surface area contributed by atoms with Gasteiger partial charge in [-0.25, -0.2) is 8.42 Å². The van der Waals surface area contributed by atoms with Crippen molar-refractivity contribution >= 4 is 17.7 Å². The van der Waals surface area contributed by atoms with Crippen molar-refractivity contribution < 1.29 is 117 Å². The maximum atomic E-state index is 8.63. The standard InChI is InChI=1S/BH3O3.Na.H2O4S.10H2O/c2-1(3)4;;1-5(2,3)4;;;;;;;;;;/h2-4H;;(H2,1,2,3,4);10*1H2/q;+1;;;;;;;;;;;/p-1. The van der Waals surface area contributed by atoms with Crippen LogP contribution in [0.3, 0.4) is 0 Å². The molecule has 20 heteroatoms. The summed E-state index contributed by atoms with van der Waals surface area (Å²) in [7, 11) is -7.08. The van der Waals surface area contributed by atoms with E-state index in [0.29, 0.717) is 0 Å². The van der Waals surface area contributed by atoms with Crippen LogP contribution in [0.1, 0.15) is 0 Å². The fourth-order valence-electron chi connectivity index (χ4n) is 0. The average Bonchev–Trinajstić information content (AvgIpc) is 1.19. The molecule has 20 heavy (non-hydrogen) atoms. The zero-order valence-electron chi connectivity index (χ0n) is 10.00. The van der Waals surface area contributed by atoms with E-state index >= 15 is 0 Å². The molecular formula is H24BNaO17S. The van der Waals surface area contributed by atoms with Crippen LogP contribution >= 0.6 is 0 Å². The minimum Gasteiger partial charge on any atom is -0.726 e. The molecule has 0 aliphatic rings. The van der Waals surface area contributed by atoms with Gasteiger partial charge in [0.25, 0.3) is 0 Å². The second-order valence-electron chi connectivity index (χ2n) is 0.774. The van der Waals surface area contributed by atoms with Crippen LogP contribution in [-0.2, 0) is 10.4 Å². The van der Waals surface area contributed by atoms with Crippen LogP contribution in [0.5, 0.6) is 0 Å². The molecule has 0 aliphatic carbocycles. The quantitative estimate of drug-likeness (QED) is 0.183. The first-order valence-corrected chi connectivity index (χ1v) is 2.82. The summed E-state index contributed by atoms with van der Waals surface area (Å²) in [6.07, 6.45) is 0. The Morgan fingerprint density at radius 3 is 0.650 bits per heavy atom. The molecule has 0 spiro atoms. The molecule has 17 nitrogen and oxygen atoms in total. The zero-order chi connectivity index (χ0) is 8.08. The van der Waals surface area contributed by atoms with E-state index in [1.54, 1.807) is 0 Å². The van der Waals surface area contributed by atoms with Crippen molar-refractivity contribution in [2.75, 3.05) is 0 Å². The Bertz CT molecular complexity index is 128. The molecule has 0 atom stereocenters. The summed E-state index contributed by atoms with van der Waals surface area (Å²) in [5.74, 6) is 0. The molecule has 136 valence electrons. The molecule has 0 aromatic heterocycles. The summed E-state index contributed by atoms with van der Waals surface area (Å²) >= 11 is 0. The minimum atomic E-state index is -4.92. The minimum absolute atomic E-state index is 0. The van der Waals surface area contributed by atoms with E-state index in [2.05, 4.69) is 0 Å². The van der Waals surface area contributed by atoms with Crippen LogP contribution < -0.4 is 29.6 Å². The van der Waals surface area contributed by atoms with Crippen LogP contribution in [0.15, 0.2) is 0 Å². The second kappa shape index (κ2) is 74.3. The molecular weight excluding hydrogens is 338 g/mol. The van der Waals surface area contributed by atoms with Gasteiger partial charge in [0.2, 0.25) is 10.4 Å². The Labute approximate surface area is 135 Å². The van der Waals surface area contributed by atoms with Crippen molar-refractivity contribution in [2.24, 2.45) is 0 Å². The van der Waals surface area contributed by atoms with Gasteiger partial charge in [-0.05, 0) is 0 Å². The molecule has 0 heterocycles. The number of rotatable bonds is 0. The summed E-state index contributed by atoms with van der Waals surface area (Å²) in [5, 5.41) is 21.5. The van der Waals surface area contributed by atoms with Crippen molar-refractivity contribution in [1.29, 1.82) is 0 Å². The summed E-state index contributed by atoms with van der Waals surface area (Å²) in [6, 6.07) is 0. The van der Waals surface area contributed by atoms with E-state index < -0.39 is 17.7 Å². The molecule has 0 rings (SSSR count). The molecule has 0 aromatic carbocycles. The van der Waals surface area contributed by atoms with Gasteiger partial charge < -0.3 is 74.4 Å². The van der Waals surface area contributed by atoms with Crippen molar-refractivity contribution in [1.82, 2.24) is 0 Å². The monoisotopic (exact) mass is 362 g/mol. The molecule has 0 aromatic rings. The topological polar surface area (TPSA) is 453 Å². The van der Waals surface area contributed by atoms with Crippen LogP contribution in [0.2, 0.25) is 0 Å². The Morgan fingerprint density at radius 1 is 0.650 bits per heavy atom. The molecule has 0 saturated carbocycles. The molecule has 0 unspecified atom stereocenters. The summed E-state index contributed by atoms with van der Waals surface area (Å²) in [5.41, 5.74) is 0. The Kier molecular flexibility index (Phi) is 520. The summed E-state index contributed by atoms with van der Waals surface area (Å²) in [6.45, 7) is 0. The second-order valence-corrected chi connectivity index (χ2v) is 1.63. The molecule has 0 bridgehead atoms. The molecule has 0 aliphatic heterocycles. The van der Waals surface area contributed by atoms with Crippen LogP contribution in [0.4, 0.5) is 0 Å². The molecule has 0 radical (unpaired) electrons. The van der Waals surface area contributed by atoms with Gasteiger partial charge in [-0.15, -0.1) is 0 Å². The predicted molar refractivity (Wildman–Crippen MR) is 60.9 cm³/mol. The maximum Gasteiger partial charge on any atom is 1.00 e. The molecule has 24 N–H and O–H groups in total. The third kappa shape index (κ3) is 32400. The van der Waals surface area contributed by atoms with Gasteiger partial charge in [-0.2, -0.15) is 0 Å². The summed E-state index contributed by atoms with van der Waals surface area (Å²) < 4.78 is 32.8. The van der Waals surface area contributed by atoms with E-state index in [4.69, 9.17) is 32.6 Å². The zero-order valence-corrected chi connectivity index (χ0v) is 12.8. The SMILES string of the molecule is O.O.O.O.O.O.O.O.O.O.O=S(=O)([O-])O.OB(O)O.[Na+]. The van der Waals surface area contributed by atoms with Crippen molar-refractivity contribution in [3.63, 3.8) is 0 Å². The Hall–Kier alpha value is 0.415. The fraction of sp³-hybridized carbons (Fsp3) is 0. The smallest absolute Gasteiger partial charge is 0.726 e. The van der Waals surface area contributed by atoms with Gasteiger partial charge in [-0.3, -0.25) is 4.55 Å². The van der Waals surface area contributed by atoms with Gasteiger partial charge in [-0.1, -0.05) is 0 Å². The first kappa shape index (κ1) is 140. The van der Waals surface area contributed by atoms with Crippen LogP contribution in [0, 0.1) is 0 Å². The largest absolute Gasteiger partial charge is 1.00 e. The van der Waals surface area contributed by atoms with Gasteiger partial charge in [0.15, 0.2) is 0 Å². The number of hydrogen-bond acceptors (Lipinski definition) is 6. The van der Waals surface area contributed by atoms with Crippen molar-refractivity contribution in [2.45, 2.75) is 0 Å². The van der Waals surface area contributed by atoms with E-state index in [-0.39, 0.29) is 84.3 Å². The normalized spacial score (nSPS) is 4.25. The fourth-order valence-corrected chi connectivity index (χ4v) is 0. The number of hydrogen-bond donors (Lipinski definition) is 4. The van der Waals surface area contributed by atoms with Crippen LogP contribution in [0.25, 0.3) is 0 Å². The first-order chi connectivity index (χ1) is 3.73. The van der Waals surface area contributed by atoms with Gasteiger partial charge in [0, 0.05) is 0 Å². The average molecular weight is 362 g/mol. The van der Waals surface area contributed by atoms with Gasteiger partial charge >= 0.3 is 36.9 Å². The molecule has 0 saturated heterocycles. The Balaban J connectivity index is -0.00000000289. The molecule has 0 amide bonds. The third-order valence-corrected chi connectivity index (χ3v) is 0. The van der Waals surface area contributed by atoms with Gasteiger partial charge in [0.05, 0.1) is 0 Å². The maximum absolute atomic E-state index is 8.63. The van der Waals surface area contributed by atoms with Gasteiger partial charge in [0.1, 0.15) is 0 Å². The molecule has 0 fully saturated rings. The van der Waals surface area contributed by atoms with Crippen molar-refractivity contribution in [3.8, 4) is 0 Å². The van der Waals surface area contributed by atoms with E-state index in [9.17, 15) is 0 Å². The van der Waals surface area contributed by atoms with Crippen molar-refractivity contribution in [3.05, 3.63) is 0 Å². The summed E-state index contributed by atoms with van der Waals surface area (Å²) in [4.78, 5) is 0. The van der Waals surface area contributed by atoms with E-state index in [1.165, 1.54) is 0 Å².